The summed E-state index contributed by atoms with van der Waals surface area (Å²) in [4.78, 5) is -0.547. The van der Waals surface area contributed by atoms with E-state index in [0.29, 0.717) is 18.8 Å². The van der Waals surface area contributed by atoms with Crippen LogP contribution >= 0.6 is 0 Å². The van der Waals surface area contributed by atoms with Crippen molar-refractivity contribution in [1.29, 1.82) is 10.7 Å². The first kappa shape index (κ1) is 12.7. The second kappa shape index (κ2) is 5.11. The number of sulfone groups is 1. The summed E-state index contributed by atoms with van der Waals surface area (Å²) < 4.78 is 23.8. The minimum Gasteiger partial charge on any atom is -0.257 e. The molecule has 0 amide bonds. The first-order chi connectivity index (χ1) is 7.56. The Hall–Kier alpha value is -1.37. The normalized spacial score (nSPS) is 25.2. The van der Waals surface area contributed by atoms with E-state index >= 15 is 0 Å². The Morgan fingerprint density at radius 3 is 2.31 bits per heavy atom. The van der Waals surface area contributed by atoms with Gasteiger partial charge in [-0.15, -0.1) is 6.58 Å². The molecule has 0 heterocycles. The molecule has 1 fully saturated rings. The molecule has 0 aromatic carbocycles. The van der Waals surface area contributed by atoms with E-state index in [0.717, 1.165) is 12.8 Å². The largest absolute Gasteiger partial charge is 0.257 e. The summed E-state index contributed by atoms with van der Waals surface area (Å²) in [7, 11) is -3.63. The quantitative estimate of drug-likeness (QED) is 0.462. The Morgan fingerprint density at radius 1 is 1.38 bits per heavy atom. The Morgan fingerprint density at radius 2 is 1.94 bits per heavy atom. The smallest absolute Gasteiger partial charge is 0.204 e. The second-order valence-electron chi connectivity index (χ2n) is 3.88. The van der Waals surface area contributed by atoms with Crippen molar-refractivity contribution in [2.45, 2.75) is 30.9 Å². The maximum absolute atomic E-state index is 11.9. The number of allylic oxidation sites excluding steroid dienone is 2. The predicted molar refractivity (Wildman–Crippen MR) is 61.7 cm³/mol. The SMILES string of the molecule is C=CC1CCC(S(=O)(=O)C(=C=N)C#N)CC1. The standard InChI is InChI=1S/C11H14N2O2S/c1-2-9-3-5-10(6-4-9)16(14,15)11(7-12)8-13/h2,9-10,12H,1,3-6H2. The number of hydrogen-bond donors (Lipinski definition) is 1. The van der Waals surface area contributed by atoms with Gasteiger partial charge in [0.2, 0.25) is 4.91 Å². The Labute approximate surface area is 95.7 Å². The lowest BCUT2D eigenvalue weighted by molar-refractivity contribution is 0.416. The Bertz CT molecular complexity index is 459. The van der Waals surface area contributed by atoms with Crippen LogP contribution in [0.4, 0.5) is 0 Å². The van der Waals surface area contributed by atoms with E-state index in [4.69, 9.17) is 10.7 Å². The number of nitrogens with one attached hydrogen (secondary N) is 1. The summed E-state index contributed by atoms with van der Waals surface area (Å²) in [6, 6.07) is 1.52. The molecule has 0 aliphatic heterocycles. The van der Waals surface area contributed by atoms with Gasteiger partial charge in [-0.1, -0.05) is 6.08 Å². The van der Waals surface area contributed by atoms with Crippen molar-refractivity contribution >= 4 is 15.7 Å². The predicted octanol–water partition coefficient (Wildman–Crippen LogP) is 1.80. The molecule has 1 aliphatic rings. The summed E-state index contributed by atoms with van der Waals surface area (Å²) in [6.07, 6.45) is 4.48. The zero-order valence-corrected chi connectivity index (χ0v) is 9.76. The molecule has 16 heavy (non-hydrogen) atoms. The fraction of sp³-hybridized carbons (Fsp3) is 0.545. The zero-order valence-electron chi connectivity index (χ0n) is 8.94. The molecule has 0 aromatic rings. The average Bonchev–Trinajstić information content (AvgIpc) is 2.30. The minimum absolute atomic E-state index is 0.376. The van der Waals surface area contributed by atoms with E-state index in [1.54, 1.807) is 5.87 Å². The Kier molecular flexibility index (Phi) is 4.05. The highest BCUT2D eigenvalue weighted by Gasteiger charge is 2.33. The third-order valence-electron chi connectivity index (χ3n) is 2.99. The van der Waals surface area contributed by atoms with E-state index in [9.17, 15) is 8.42 Å². The third kappa shape index (κ3) is 2.41. The highest BCUT2D eigenvalue weighted by atomic mass is 32.2. The van der Waals surface area contributed by atoms with Gasteiger partial charge in [0.05, 0.1) is 5.25 Å². The first-order valence-corrected chi connectivity index (χ1v) is 6.67. The topological polar surface area (TPSA) is 81.8 Å². The van der Waals surface area contributed by atoms with Crippen molar-refractivity contribution in [2.24, 2.45) is 5.92 Å². The highest BCUT2D eigenvalue weighted by molar-refractivity contribution is 7.96. The molecule has 0 aromatic heterocycles. The van der Waals surface area contributed by atoms with Crippen molar-refractivity contribution in [3.63, 3.8) is 0 Å². The van der Waals surface area contributed by atoms with Gasteiger partial charge in [-0.05, 0) is 31.6 Å². The molecule has 1 N–H and O–H groups in total. The van der Waals surface area contributed by atoms with Crippen molar-refractivity contribution in [3.8, 4) is 6.07 Å². The van der Waals surface area contributed by atoms with Crippen molar-refractivity contribution in [2.75, 3.05) is 0 Å². The van der Waals surface area contributed by atoms with E-state index in [1.807, 2.05) is 6.08 Å². The lowest BCUT2D eigenvalue weighted by Gasteiger charge is -2.25. The van der Waals surface area contributed by atoms with Crippen LogP contribution in [0.25, 0.3) is 0 Å². The molecule has 0 spiro atoms. The minimum atomic E-state index is -3.63. The summed E-state index contributed by atoms with van der Waals surface area (Å²) >= 11 is 0. The van der Waals surface area contributed by atoms with Crippen LogP contribution in [0.1, 0.15) is 25.7 Å². The van der Waals surface area contributed by atoms with Crippen molar-refractivity contribution in [3.05, 3.63) is 17.6 Å². The fourth-order valence-electron chi connectivity index (χ4n) is 1.96. The maximum Gasteiger partial charge on any atom is 0.204 e. The molecular weight excluding hydrogens is 224 g/mol. The van der Waals surface area contributed by atoms with Gasteiger partial charge in [-0.3, -0.25) is 5.41 Å². The Balaban J connectivity index is 2.85. The molecule has 0 atom stereocenters. The summed E-state index contributed by atoms with van der Waals surface area (Å²) in [5.74, 6) is 2.09. The molecular formula is C11H14N2O2S. The van der Waals surface area contributed by atoms with E-state index in [-0.39, 0.29) is 0 Å². The lowest BCUT2D eigenvalue weighted by Crippen LogP contribution is -2.27. The molecule has 1 saturated carbocycles. The van der Waals surface area contributed by atoms with E-state index in [2.05, 4.69) is 6.58 Å². The number of nitriles is 1. The summed E-state index contributed by atoms with van der Waals surface area (Å²) in [5.41, 5.74) is 0. The molecule has 0 radical (unpaired) electrons. The average molecular weight is 238 g/mol. The summed E-state index contributed by atoms with van der Waals surface area (Å²) in [5, 5.41) is 14.9. The van der Waals surface area contributed by atoms with Crippen LogP contribution in [-0.4, -0.2) is 19.5 Å². The van der Waals surface area contributed by atoms with E-state index < -0.39 is 20.0 Å². The summed E-state index contributed by atoms with van der Waals surface area (Å²) in [6.45, 7) is 3.69. The van der Waals surface area contributed by atoms with Gasteiger partial charge in [0, 0.05) is 5.87 Å². The van der Waals surface area contributed by atoms with Crippen LogP contribution in [0.3, 0.4) is 0 Å². The number of nitrogens with zero attached hydrogens (tertiary/aromatic N) is 1. The molecule has 1 rings (SSSR count). The third-order valence-corrected chi connectivity index (χ3v) is 5.10. The first-order valence-electron chi connectivity index (χ1n) is 5.12. The monoisotopic (exact) mass is 238 g/mol. The molecule has 1 aliphatic carbocycles. The maximum atomic E-state index is 11.9. The molecule has 5 heteroatoms. The van der Waals surface area contributed by atoms with Gasteiger partial charge < -0.3 is 0 Å². The van der Waals surface area contributed by atoms with E-state index in [1.165, 1.54) is 6.07 Å². The lowest BCUT2D eigenvalue weighted by atomic mass is 9.89. The van der Waals surface area contributed by atoms with Crippen LogP contribution in [-0.2, 0) is 9.84 Å². The number of rotatable bonds is 3. The second-order valence-corrected chi connectivity index (χ2v) is 6.05. The molecule has 86 valence electrons. The van der Waals surface area contributed by atoms with Gasteiger partial charge in [0.1, 0.15) is 6.07 Å². The van der Waals surface area contributed by atoms with Crippen molar-refractivity contribution in [1.82, 2.24) is 0 Å². The highest BCUT2D eigenvalue weighted by Crippen LogP contribution is 2.31. The molecule has 0 saturated heterocycles. The fourth-order valence-corrected chi connectivity index (χ4v) is 3.46. The van der Waals surface area contributed by atoms with Crippen LogP contribution in [0.15, 0.2) is 17.6 Å². The van der Waals surface area contributed by atoms with Gasteiger partial charge >= 0.3 is 0 Å². The van der Waals surface area contributed by atoms with Gasteiger partial charge in [0.25, 0.3) is 0 Å². The van der Waals surface area contributed by atoms with Crippen LogP contribution in [0, 0.1) is 22.7 Å². The molecule has 0 unspecified atom stereocenters. The van der Waals surface area contributed by atoms with Gasteiger partial charge in [-0.2, -0.15) is 5.26 Å². The van der Waals surface area contributed by atoms with Gasteiger partial charge in [0.15, 0.2) is 9.84 Å². The zero-order chi connectivity index (χ0) is 12.2. The molecule has 4 nitrogen and oxygen atoms in total. The van der Waals surface area contributed by atoms with Crippen LogP contribution < -0.4 is 0 Å². The van der Waals surface area contributed by atoms with Crippen LogP contribution in [0.5, 0.6) is 0 Å². The number of hydrogen-bond acceptors (Lipinski definition) is 4. The van der Waals surface area contributed by atoms with Gasteiger partial charge in [-0.25, -0.2) is 8.42 Å². The molecule has 0 bridgehead atoms. The van der Waals surface area contributed by atoms with Crippen LogP contribution in [0.2, 0.25) is 0 Å². The van der Waals surface area contributed by atoms with Crippen molar-refractivity contribution < 1.29 is 8.42 Å².